The number of hydrogen-bond acceptors (Lipinski definition) is 5. The molecule has 0 radical (unpaired) electrons. The molecule has 5 nitrogen and oxygen atoms in total. The highest BCUT2D eigenvalue weighted by molar-refractivity contribution is 9.11. The van der Waals surface area contributed by atoms with Gasteiger partial charge in [-0.2, -0.15) is 0 Å². The number of halogens is 1. The third-order valence-corrected chi connectivity index (χ3v) is 3.90. The van der Waals surface area contributed by atoms with Crippen LogP contribution < -0.4 is 14.8 Å². The monoisotopic (exact) mass is 340 g/mol. The molecule has 1 amide bonds. The summed E-state index contributed by atoms with van der Waals surface area (Å²) in [5, 5.41) is 3.27. The summed E-state index contributed by atoms with van der Waals surface area (Å²) in [6, 6.07) is 5.25. The number of aromatic nitrogens is 1. The lowest BCUT2D eigenvalue weighted by atomic mass is 10.1. The van der Waals surface area contributed by atoms with Gasteiger partial charge in [0.15, 0.2) is 16.6 Å². The number of rotatable bonds is 2. The smallest absolute Gasteiger partial charge is 0.261 e. The van der Waals surface area contributed by atoms with E-state index in [1.807, 2.05) is 0 Å². The number of carbonyl (C=O) groups excluding carboxylic acids is 1. The van der Waals surface area contributed by atoms with Gasteiger partial charge in [0.1, 0.15) is 13.2 Å². The topological polar surface area (TPSA) is 60.5 Å². The third kappa shape index (κ3) is 2.57. The van der Waals surface area contributed by atoms with Gasteiger partial charge in [-0.25, -0.2) is 4.98 Å². The van der Waals surface area contributed by atoms with Crippen molar-refractivity contribution in [1.82, 2.24) is 4.98 Å². The number of carbonyl (C=O) groups is 1. The minimum absolute atomic E-state index is 0.260. The van der Waals surface area contributed by atoms with Crippen molar-refractivity contribution in [3.8, 4) is 11.5 Å². The molecule has 0 fully saturated rings. The van der Waals surface area contributed by atoms with E-state index in [-0.39, 0.29) is 5.91 Å². The van der Waals surface area contributed by atoms with Gasteiger partial charge >= 0.3 is 0 Å². The van der Waals surface area contributed by atoms with E-state index in [4.69, 9.17) is 9.47 Å². The second-order valence-electron chi connectivity index (χ2n) is 3.75. The lowest BCUT2D eigenvalue weighted by molar-refractivity contribution is 0.101. The fourth-order valence-corrected chi connectivity index (χ4v) is 2.83. The Morgan fingerprint density at radius 3 is 3.00 bits per heavy atom. The van der Waals surface area contributed by atoms with Gasteiger partial charge in [0, 0.05) is 0 Å². The van der Waals surface area contributed by atoms with Crippen LogP contribution in [0.15, 0.2) is 28.2 Å². The zero-order chi connectivity index (χ0) is 13.2. The van der Waals surface area contributed by atoms with Crippen LogP contribution in [-0.4, -0.2) is 24.1 Å². The first-order chi connectivity index (χ1) is 9.24. The minimum Gasteiger partial charge on any atom is -0.486 e. The minimum atomic E-state index is -0.260. The van der Waals surface area contributed by atoms with Crippen LogP contribution >= 0.6 is 27.3 Å². The molecule has 2 aromatic rings. The largest absolute Gasteiger partial charge is 0.486 e. The summed E-state index contributed by atoms with van der Waals surface area (Å²) in [6.07, 6.45) is 1.64. The Kier molecular flexibility index (Phi) is 3.39. The van der Waals surface area contributed by atoms with Crippen LogP contribution in [0.5, 0.6) is 11.5 Å². The van der Waals surface area contributed by atoms with Crippen molar-refractivity contribution in [1.29, 1.82) is 0 Å². The van der Waals surface area contributed by atoms with E-state index in [1.54, 1.807) is 24.4 Å². The number of ether oxygens (including phenoxy) is 2. The van der Waals surface area contributed by atoms with E-state index in [1.165, 1.54) is 11.3 Å². The van der Waals surface area contributed by atoms with Crippen molar-refractivity contribution in [3.63, 3.8) is 0 Å². The Hall–Kier alpha value is -1.60. The summed E-state index contributed by atoms with van der Waals surface area (Å²) in [7, 11) is 0. The summed E-state index contributed by atoms with van der Waals surface area (Å²) in [4.78, 5) is 16.3. The highest BCUT2D eigenvalue weighted by Crippen LogP contribution is 2.34. The van der Waals surface area contributed by atoms with Crippen molar-refractivity contribution < 1.29 is 14.3 Å². The summed E-state index contributed by atoms with van der Waals surface area (Å²) in [6.45, 7) is 0.942. The number of hydrogen-bond donors (Lipinski definition) is 1. The zero-order valence-electron chi connectivity index (χ0n) is 9.68. The Morgan fingerprint density at radius 2 is 2.21 bits per heavy atom. The van der Waals surface area contributed by atoms with Gasteiger partial charge in [-0.1, -0.05) is 17.4 Å². The van der Waals surface area contributed by atoms with E-state index in [0.29, 0.717) is 35.4 Å². The second kappa shape index (κ2) is 5.18. The number of thiazole rings is 1. The van der Waals surface area contributed by atoms with E-state index < -0.39 is 0 Å². The molecule has 1 aliphatic rings. The maximum Gasteiger partial charge on any atom is 0.261 e. The molecule has 2 heterocycles. The molecule has 1 aromatic carbocycles. The molecule has 0 aliphatic carbocycles. The molecule has 1 aromatic heterocycles. The lowest BCUT2D eigenvalue weighted by Crippen LogP contribution is -2.20. The molecule has 0 unspecified atom stereocenters. The maximum atomic E-state index is 12.2. The van der Waals surface area contributed by atoms with E-state index >= 15 is 0 Å². The molecule has 3 rings (SSSR count). The van der Waals surface area contributed by atoms with Gasteiger partial charge in [-0.15, -0.1) is 0 Å². The number of para-hydroxylation sites is 1. The van der Waals surface area contributed by atoms with Crippen LogP contribution in [0.25, 0.3) is 0 Å². The first-order valence-electron chi connectivity index (χ1n) is 5.55. The standard InChI is InChI=1S/C12H9BrN2O3S/c13-9-6-14-12(19-9)15-11(16)7-2-1-3-8-10(7)18-5-4-17-8/h1-3,6H,4-5H2,(H,14,15,16). The Morgan fingerprint density at radius 1 is 1.37 bits per heavy atom. The van der Waals surface area contributed by atoms with Crippen LogP contribution in [0.2, 0.25) is 0 Å². The van der Waals surface area contributed by atoms with Crippen LogP contribution in [0.3, 0.4) is 0 Å². The second-order valence-corrected chi connectivity index (χ2v) is 6.16. The molecule has 1 N–H and O–H groups in total. The number of nitrogens with zero attached hydrogens (tertiary/aromatic N) is 1. The van der Waals surface area contributed by atoms with E-state index in [2.05, 4.69) is 26.2 Å². The Bertz CT molecular complexity index is 629. The summed E-state index contributed by atoms with van der Waals surface area (Å²) in [5.41, 5.74) is 0.448. The lowest BCUT2D eigenvalue weighted by Gasteiger charge is -2.20. The number of anilines is 1. The summed E-state index contributed by atoms with van der Waals surface area (Å²) < 4.78 is 11.8. The Labute approximate surface area is 121 Å². The molecular formula is C12H9BrN2O3S. The third-order valence-electron chi connectivity index (χ3n) is 2.51. The molecule has 0 bridgehead atoms. The van der Waals surface area contributed by atoms with Gasteiger partial charge in [0.25, 0.3) is 5.91 Å². The molecule has 0 atom stereocenters. The van der Waals surface area contributed by atoms with Crippen LogP contribution in [-0.2, 0) is 0 Å². The molecule has 7 heteroatoms. The van der Waals surface area contributed by atoms with Crippen molar-refractivity contribution in [2.45, 2.75) is 0 Å². The average molecular weight is 341 g/mol. The van der Waals surface area contributed by atoms with Crippen molar-refractivity contribution in [2.75, 3.05) is 18.5 Å². The van der Waals surface area contributed by atoms with Crippen molar-refractivity contribution in [3.05, 3.63) is 33.7 Å². The van der Waals surface area contributed by atoms with Gasteiger partial charge in [-0.3, -0.25) is 10.1 Å². The molecule has 0 spiro atoms. The predicted molar refractivity (Wildman–Crippen MR) is 75.2 cm³/mol. The quantitative estimate of drug-likeness (QED) is 0.912. The fourth-order valence-electron chi connectivity index (χ4n) is 1.73. The molecule has 19 heavy (non-hydrogen) atoms. The predicted octanol–water partition coefficient (Wildman–Crippen LogP) is 2.93. The zero-order valence-corrected chi connectivity index (χ0v) is 12.1. The van der Waals surface area contributed by atoms with Crippen LogP contribution in [0, 0.1) is 0 Å². The number of fused-ring (bicyclic) bond motifs is 1. The number of amides is 1. The molecule has 0 saturated carbocycles. The van der Waals surface area contributed by atoms with E-state index in [9.17, 15) is 4.79 Å². The summed E-state index contributed by atoms with van der Waals surface area (Å²) >= 11 is 4.65. The Balaban J connectivity index is 1.87. The molecule has 1 aliphatic heterocycles. The maximum absolute atomic E-state index is 12.2. The van der Waals surface area contributed by atoms with Crippen LogP contribution in [0.4, 0.5) is 5.13 Å². The number of nitrogens with one attached hydrogen (secondary N) is 1. The van der Waals surface area contributed by atoms with Gasteiger partial charge < -0.3 is 9.47 Å². The van der Waals surface area contributed by atoms with Crippen molar-refractivity contribution in [2.24, 2.45) is 0 Å². The molecular weight excluding hydrogens is 332 g/mol. The van der Waals surface area contributed by atoms with Crippen LogP contribution in [0.1, 0.15) is 10.4 Å². The number of benzene rings is 1. The van der Waals surface area contributed by atoms with E-state index in [0.717, 1.165) is 3.79 Å². The normalized spacial score (nSPS) is 13.1. The first kappa shape index (κ1) is 12.4. The summed E-state index contributed by atoms with van der Waals surface area (Å²) in [5.74, 6) is 0.824. The SMILES string of the molecule is O=C(Nc1ncc(Br)s1)c1cccc2c1OCCO2. The van der Waals surface area contributed by atoms with Gasteiger partial charge in [0.05, 0.1) is 15.5 Å². The average Bonchev–Trinajstić information content (AvgIpc) is 2.83. The first-order valence-corrected chi connectivity index (χ1v) is 7.16. The molecule has 98 valence electrons. The van der Waals surface area contributed by atoms with Gasteiger partial charge in [-0.05, 0) is 28.1 Å². The highest BCUT2D eigenvalue weighted by atomic mass is 79.9. The fraction of sp³-hybridized carbons (Fsp3) is 0.167. The van der Waals surface area contributed by atoms with Crippen molar-refractivity contribution >= 4 is 38.3 Å². The molecule has 0 saturated heterocycles. The highest BCUT2D eigenvalue weighted by Gasteiger charge is 2.20. The van der Waals surface area contributed by atoms with Gasteiger partial charge in [0.2, 0.25) is 0 Å².